The quantitative estimate of drug-likeness (QED) is 0.0698. The van der Waals surface area contributed by atoms with Crippen LogP contribution in [0.1, 0.15) is 62.6 Å². The molecule has 1 aromatic heterocycles. The zero-order valence-electron chi connectivity index (χ0n) is 31.6. The number of methoxy groups -OCH3 is 2. The lowest BCUT2D eigenvalue weighted by atomic mass is 9.80. The summed E-state index contributed by atoms with van der Waals surface area (Å²) >= 11 is 0. The van der Waals surface area contributed by atoms with Crippen LogP contribution in [0.3, 0.4) is 0 Å². The second kappa shape index (κ2) is 18.3. The van der Waals surface area contributed by atoms with Crippen LogP contribution >= 0.6 is 8.53 Å². The zero-order chi connectivity index (χ0) is 39.0. The van der Waals surface area contributed by atoms with Gasteiger partial charge in [0.1, 0.15) is 29.3 Å². The first kappa shape index (κ1) is 40.8. The minimum Gasteiger partial charge on any atom is -0.497 e. The Morgan fingerprint density at radius 2 is 1.48 bits per heavy atom. The zero-order valence-corrected chi connectivity index (χ0v) is 32.5. The van der Waals surface area contributed by atoms with E-state index in [0.717, 1.165) is 21.3 Å². The molecule has 1 aliphatic heterocycles. The average Bonchev–Trinajstić information content (AvgIpc) is 3.47. The first-order valence-electron chi connectivity index (χ1n) is 17.8. The van der Waals surface area contributed by atoms with Crippen molar-refractivity contribution in [3.63, 3.8) is 0 Å². The molecule has 3 aromatic carbocycles. The van der Waals surface area contributed by atoms with Crippen LogP contribution in [-0.4, -0.2) is 72.1 Å². The van der Waals surface area contributed by atoms with Crippen LogP contribution in [0.4, 0.5) is 4.39 Å². The van der Waals surface area contributed by atoms with E-state index in [1.54, 1.807) is 14.2 Å². The number of ether oxygens (including phenoxy) is 4. The first-order chi connectivity index (χ1) is 25.9. The Kier molecular flexibility index (Phi) is 13.8. The molecule has 5 atom stereocenters. The van der Waals surface area contributed by atoms with Crippen molar-refractivity contribution in [1.82, 2.24) is 14.2 Å². The van der Waals surface area contributed by atoms with Crippen molar-refractivity contribution in [2.24, 2.45) is 0 Å². The molecule has 288 valence electrons. The summed E-state index contributed by atoms with van der Waals surface area (Å²) in [6.45, 7) is 9.30. The van der Waals surface area contributed by atoms with Gasteiger partial charge < -0.3 is 28.0 Å². The van der Waals surface area contributed by atoms with Crippen LogP contribution in [0, 0.1) is 18.3 Å². The molecule has 0 spiro atoms. The van der Waals surface area contributed by atoms with Crippen LogP contribution in [-0.2, 0) is 24.1 Å². The normalized spacial score (nSPS) is 19.3. The molecule has 2 heterocycles. The van der Waals surface area contributed by atoms with Gasteiger partial charge in [-0.1, -0.05) is 54.6 Å². The Morgan fingerprint density at radius 3 is 2.00 bits per heavy atom. The Morgan fingerprint density at radius 1 is 0.926 bits per heavy atom. The molecule has 0 amide bonds. The van der Waals surface area contributed by atoms with E-state index in [1.807, 2.05) is 111 Å². The average molecular weight is 763 g/mol. The standard InChI is InChI=1S/C40H48FN4O8P/c1-26(2)45(27(3)4)54(51-23-11-22-42)53-36-34(52-38(35(36)41)44-24-28(5)37(46)43-39(44)47)25-50-40(29-12-9-8-10-13-29,30-14-18-32(48-6)19-15-30)31-16-20-33(49-7)21-17-31/h8-10,12-21,24,26-27,34-36,38H,11,23,25H2,1-7H3,(H,43,46,47)/t34-,35-,36-,38-,54?/m1/s1. The van der Waals surface area contributed by atoms with Gasteiger partial charge in [0.15, 0.2) is 12.4 Å². The predicted molar refractivity (Wildman–Crippen MR) is 203 cm³/mol. The third-order valence-corrected chi connectivity index (χ3v) is 11.3. The van der Waals surface area contributed by atoms with Gasteiger partial charge in [0.2, 0.25) is 0 Å². The van der Waals surface area contributed by atoms with Crippen molar-refractivity contribution in [2.75, 3.05) is 27.4 Å². The van der Waals surface area contributed by atoms with E-state index < -0.39 is 50.0 Å². The maximum absolute atomic E-state index is 17.1. The van der Waals surface area contributed by atoms with Crippen molar-refractivity contribution >= 4 is 8.53 Å². The van der Waals surface area contributed by atoms with Crippen LogP contribution in [0.15, 0.2) is 94.6 Å². The van der Waals surface area contributed by atoms with Gasteiger partial charge in [-0.05, 0) is 75.6 Å². The van der Waals surface area contributed by atoms with Gasteiger partial charge in [-0.15, -0.1) is 0 Å². The fourth-order valence-corrected chi connectivity index (χ4v) is 8.40. The van der Waals surface area contributed by atoms with E-state index in [1.165, 1.54) is 13.1 Å². The molecule has 1 unspecified atom stereocenters. The highest BCUT2D eigenvalue weighted by Gasteiger charge is 2.51. The topological polar surface area (TPSA) is 137 Å². The molecule has 0 saturated carbocycles. The predicted octanol–water partition coefficient (Wildman–Crippen LogP) is 6.77. The van der Waals surface area contributed by atoms with Gasteiger partial charge in [-0.2, -0.15) is 5.26 Å². The lowest BCUT2D eigenvalue weighted by molar-refractivity contribution is -0.0935. The number of H-pyrrole nitrogens is 1. The highest BCUT2D eigenvalue weighted by atomic mass is 31.2. The molecule has 1 saturated heterocycles. The minimum atomic E-state index is -1.93. The van der Waals surface area contributed by atoms with Gasteiger partial charge in [0.05, 0.1) is 39.9 Å². The molecular weight excluding hydrogens is 714 g/mol. The number of hydrogen-bond acceptors (Lipinski definition) is 10. The lowest BCUT2D eigenvalue weighted by Gasteiger charge is -2.39. The molecule has 4 aromatic rings. The van der Waals surface area contributed by atoms with Crippen molar-refractivity contribution in [3.8, 4) is 17.6 Å². The van der Waals surface area contributed by atoms with Crippen molar-refractivity contribution in [1.29, 1.82) is 5.26 Å². The summed E-state index contributed by atoms with van der Waals surface area (Å²) in [6.07, 6.45) is -4.38. The van der Waals surface area contributed by atoms with Gasteiger partial charge in [-0.25, -0.2) is 13.9 Å². The molecule has 12 nitrogen and oxygen atoms in total. The largest absolute Gasteiger partial charge is 0.497 e. The Hall–Kier alpha value is -4.41. The molecule has 0 bridgehead atoms. The van der Waals surface area contributed by atoms with E-state index in [-0.39, 0.29) is 37.3 Å². The van der Waals surface area contributed by atoms with E-state index in [0.29, 0.717) is 11.5 Å². The fraction of sp³-hybridized carbons (Fsp3) is 0.425. The molecule has 1 fully saturated rings. The van der Waals surface area contributed by atoms with Crippen LogP contribution < -0.4 is 20.7 Å². The molecule has 0 aliphatic carbocycles. The number of alkyl halides is 1. The molecular formula is C40H48FN4O8P. The molecule has 1 aliphatic rings. The minimum absolute atomic E-state index is 0.0654. The molecule has 5 rings (SSSR count). The van der Waals surface area contributed by atoms with E-state index >= 15 is 4.39 Å². The summed E-state index contributed by atoms with van der Waals surface area (Å²) in [4.78, 5) is 27.6. The number of nitrogens with one attached hydrogen (secondary N) is 1. The third-order valence-electron chi connectivity index (χ3n) is 9.20. The van der Waals surface area contributed by atoms with Gasteiger partial charge >= 0.3 is 5.69 Å². The summed E-state index contributed by atoms with van der Waals surface area (Å²) in [5.41, 5.74) is -0.177. The maximum atomic E-state index is 17.1. The van der Waals surface area contributed by atoms with Crippen LogP contribution in [0.5, 0.6) is 11.5 Å². The Bertz CT molecular complexity index is 1910. The highest BCUT2D eigenvalue weighted by Crippen LogP contribution is 2.51. The summed E-state index contributed by atoms with van der Waals surface area (Å²) in [6, 6.07) is 26.6. The van der Waals surface area contributed by atoms with Crippen molar-refractivity contribution in [3.05, 3.63) is 128 Å². The number of aryl methyl sites for hydroxylation is 1. The summed E-state index contributed by atoms with van der Waals surface area (Å²) < 4.78 is 57.3. The van der Waals surface area contributed by atoms with E-state index in [4.69, 9.17) is 28.0 Å². The second-order valence-electron chi connectivity index (χ2n) is 13.4. The maximum Gasteiger partial charge on any atom is 0.330 e. The molecule has 54 heavy (non-hydrogen) atoms. The third kappa shape index (κ3) is 8.76. The number of nitriles is 1. The number of benzene rings is 3. The number of halogens is 1. The highest BCUT2D eigenvalue weighted by molar-refractivity contribution is 7.44. The molecule has 0 radical (unpaired) electrons. The fourth-order valence-electron chi connectivity index (χ4n) is 6.63. The summed E-state index contributed by atoms with van der Waals surface area (Å²) in [5.74, 6) is 1.30. The first-order valence-corrected chi connectivity index (χ1v) is 18.9. The van der Waals surface area contributed by atoms with Gasteiger partial charge in [0.25, 0.3) is 14.1 Å². The number of nitrogens with zero attached hydrogens (tertiary/aromatic N) is 3. The smallest absolute Gasteiger partial charge is 0.330 e. The SMILES string of the molecule is COc1ccc(C(OC[C@H]2O[C@@H](n3cc(C)c(=O)[nH]c3=O)[C@H](F)[C@@H]2OP(OCCC#N)N(C(C)C)C(C)C)(c2ccccc2)c2ccc(OC)cc2)cc1. The summed E-state index contributed by atoms with van der Waals surface area (Å²) in [5, 5.41) is 9.27. The van der Waals surface area contributed by atoms with Crippen molar-refractivity contribution in [2.45, 2.75) is 83.3 Å². The van der Waals surface area contributed by atoms with E-state index in [9.17, 15) is 14.9 Å². The van der Waals surface area contributed by atoms with Crippen LogP contribution in [0.2, 0.25) is 0 Å². The van der Waals surface area contributed by atoms with Crippen molar-refractivity contribution < 1.29 is 32.4 Å². The number of rotatable bonds is 17. The van der Waals surface area contributed by atoms with Crippen LogP contribution in [0.25, 0.3) is 0 Å². The lowest BCUT2D eigenvalue weighted by Crippen LogP contribution is -2.41. The van der Waals surface area contributed by atoms with Gasteiger partial charge in [-0.3, -0.25) is 14.3 Å². The molecule has 1 N–H and O–H groups in total. The monoisotopic (exact) mass is 762 g/mol. The number of aromatic amines is 1. The Balaban J connectivity index is 1.64. The number of aromatic nitrogens is 2. The summed E-state index contributed by atoms with van der Waals surface area (Å²) in [7, 11) is 1.25. The van der Waals surface area contributed by atoms with E-state index in [2.05, 4.69) is 11.1 Å². The number of hydrogen-bond donors (Lipinski definition) is 1. The van der Waals surface area contributed by atoms with Gasteiger partial charge in [0, 0.05) is 23.8 Å². The Labute approximate surface area is 316 Å². The molecule has 14 heteroatoms. The second-order valence-corrected chi connectivity index (χ2v) is 14.8.